The number of hydrogen-bond acceptors (Lipinski definition) is 5. The molecule has 8 heteroatoms. The predicted molar refractivity (Wildman–Crippen MR) is 89.1 cm³/mol. The van der Waals surface area contributed by atoms with E-state index in [1.54, 1.807) is 0 Å². The van der Waals surface area contributed by atoms with Crippen molar-refractivity contribution in [1.82, 2.24) is 30.8 Å². The molecule has 23 heavy (non-hydrogen) atoms. The van der Waals surface area contributed by atoms with Gasteiger partial charge < -0.3 is 10.6 Å². The van der Waals surface area contributed by atoms with Gasteiger partial charge >= 0.3 is 0 Å². The molecule has 2 atom stereocenters. The molecule has 0 bridgehead atoms. The summed E-state index contributed by atoms with van der Waals surface area (Å²) in [6.07, 6.45) is 1.07. The van der Waals surface area contributed by atoms with Gasteiger partial charge in [0.1, 0.15) is 6.54 Å². The van der Waals surface area contributed by atoms with E-state index in [4.69, 9.17) is 0 Å². The number of hydrogen-bond donors (Lipinski definition) is 2. The molecule has 2 unspecified atom stereocenters. The molecule has 2 heterocycles. The van der Waals surface area contributed by atoms with E-state index in [1.807, 2.05) is 30.3 Å². The molecule has 2 N–H and O–H groups in total. The minimum Gasteiger partial charge on any atom is -0.350 e. The summed E-state index contributed by atoms with van der Waals surface area (Å²) >= 11 is 0. The number of piperidine rings is 1. The fraction of sp³-hybridized carbons (Fsp3) is 0.467. The van der Waals surface area contributed by atoms with E-state index in [1.165, 1.54) is 4.80 Å². The Morgan fingerprint density at radius 2 is 2.17 bits per heavy atom. The first-order valence-corrected chi connectivity index (χ1v) is 7.55. The van der Waals surface area contributed by atoms with Crippen LogP contribution in [0.1, 0.15) is 13.3 Å². The highest BCUT2D eigenvalue weighted by Crippen LogP contribution is 2.12. The van der Waals surface area contributed by atoms with E-state index in [0.717, 1.165) is 25.1 Å². The highest BCUT2D eigenvalue weighted by Gasteiger charge is 2.22. The maximum Gasteiger partial charge on any atom is 0.243 e. The number of halogens is 1. The molecule has 1 aromatic heterocycles. The Hall–Kier alpha value is -1.99. The predicted octanol–water partition coefficient (Wildman–Crippen LogP) is 0.876. The Labute approximate surface area is 141 Å². The Morgan fingerprint density at radius 3 is 2.91 bits per heavy atom. The van der Waals surface area contributed by atoms with Crippen molar-refractivity contribution >= 4 is 18.3 Å². The van der Waals surface area contributed by atoms with Gasteiger partial charge in [-0.25, -0.2) is 0 Å². The van der Waals surface area contributed by atoms with Crippen LogP contribution in [0.3, 0.4) is 0 Å². The molecule has 1 fully saturated rings. The van der Waals surface area contributed by atoms with Gasteiger partial charge in [0.05, 0.1) is 0 Å². The minimum absolute atomic E-state index is 0. The lowest BCUT2D eigenvalue weighted by atomic mass is 9.95. The molecular weight excluding hydrogens is 316 g/mol. The number of aromatic nitrogens is 4. The molecule has 1 aliphatic rings. The van der Waals surface area contributed by atoms with Crippen LogP contribution in [0, 0.1) is 5.92 Å². The standard InChI is InChI=1S/C15H20N6O.ClH/c1-11-7-8-16-9-13(11)17-14(22)10-21-19-15(18-20-21)12-5-3-2-4-6-12;/h2-6,11,13,16H,7-10H2,1H3,(H,17,22);1H. The van der Waals surface area contributed by atoms with Crippen molar-refractivity contribution < 1.29 is 4.79 Å². The number of nitrogens with zero attached hydrogens (tertiary/aromatic N) is 4. The first-order valence-electron chi connectivity index (χ1n) is 7.55. The fourth-order valence-electron chi connectivity index (χ4n) is 2.58. The molecule has 3 rings (SSSR count). The second-order valence-corrected chi connectivity index (χ2v) is 5.65. The van der Waals surface area contributed by atoms with Gasteiger partial charge in [0.25, 0.3) is 0 Å². The Morgan fingerprint density at radius 1 is 1.39 bits per heavy atom. The highest BCUT2D eigenvalue weighted by molar-refractivity contribution is 5.85. The van der Waals surface area contributed by atoms with Gasteiger partial charge in [-0.1, -0.05) is 37.3 Å². The number of benzene rings is 1. The molecule has 0 spiro atoms. The third-order valence-corrected chi connectivity index (χ3v) is 3.94. The molecular formula is C15H21ClN6O. The first kappa shape index (κ1) is 17.4. The quantitative estimate of drug-likeness (QED) is 0.865. The zero-order chi connectivity index (χ0) is 15.4. The van der Waals surface area contributed by atoms with E-state index in [2.05, 4.69) is 33.0 Å². The molecule has 1 amide bonds. The van der Waals surface area contributed by atoms with Crippen LogP contribution in [0.15, 0.2) is 30.3 Å². The minimum atomic E-state index is -0.0856. The first-order chi connectivity index (χ1) is 10.7. The van der Waals surface area contributed by atoms with Crippen molar-refractivity contribution in [2.24, 2.45) is 5.92 Å². The van der Waals surface area contributed by atoms with Crippen LogP contribution in [-0.2, 0) is 11.3 Å². The maximum atomic E-state index is 12.1. The third kappa shape index (κ3) is 4.49. The Balaban J connectivity index is 0.00000192. The molecule has 124 valence electrons. The molecule has 0 saturated carbocycles. The van der Waals surface area contributed by atoms with Gasteiger partial charge in [-0.15, -0.1) is 22.6 Å². The summed E-state index contributed by atoms with van der Waals surface area (Å²) in [4.78, 5) is 13.4. The van der Waals surface area contributed by atoms with Gasteiger partial charge in [0.2, 0.25) is 11.7 Å². The van der Waals surface area contributed by atoms with Crippen molar-refractivity contribution in [3.8, 4) is 11.4 Å². The van der Waals surface area contributed by atoms with Gasteiger partial charge in [-0.2, -0.15) is 4.80 Å². The van der Waals surface area contributed by atoms with Crippen LogP contribution in [0.25, 0.3) is 11.4 Å². The van der Waals surface area contributed by atoms with E-state index in [0.29, 0.717) is 11.7 Å². The molecule has 1 saturated heterocycles. The van der Waals surface area contributed by atoms with Crippen molar-refractivity contribution in [1.29, 1.82) is 0 Å². The number of tetrazole rings is 1. The van der Waals surface area contributed by atoms with Crippen LogP contribution >= 0.6 is 12.4 Å². The van der Waals surface area contributed by atoms with Crippen molar-refractivity contribution in [3.05, 3.63) is 30.3 Å². The summed E-state index contributed by atoms with van der Waals surface area (Å²) in [5.74, 6) is 0.924. The van der Waals surface area contributed by atoms with Crippen molar-refractivity contribution in [2.75, 3.05) is 13.1 Å². The molecule has 1 aromatic carbocycles. The SMILES string of the molecule is CC1CCNCC1NC(=O)Cn1nnc(-c2ccccc2)n1.Cl. The lowest BCUT2D eigenvalue weighted by Gasteiger charge is -2.30. The second kappa shape index (κ2) is 8.03. The van der Waals surface area contributed by atoms with Crippen LogP contribution in [-0.4, -0.2) is 45.2 Å². The second-order valence-electron chi connectivity index (χ2n) is 5.65. The smallest absolute Gasteiger partial charge is 0.243 e. The summed E-state index contributed by atoms with van der Waals surface area (Å²) in [5.41, 5.74) is 0.888. The molecule has 0 radical (unpaired) electrons. The number of rotatable bonds is 4. The van der Waals surface area contributed by atoms with Gasteiger partial charge in [-0.05, 0) is 24.1 Å². The summed E-state index contributed by atoms with van der Waals surface area (Å²) in [5, 5.41) is 18.5. The zero-order valence-corrected chi connectivity index (χ0v) is 13.8. The number of amides is 1. The average Bonchev–Trinajstić information content (AvgIpc) is 2.99. The topological polar surface area (TPSA) is 84.7 Å². The maximum absolute atomic E-state index is 12.1. The molecule has 7 nitrogen and oxygen atoms in total. The lowest BCUT2D eigenvalue weighted by molar-refractivity contribution is -0.123. The number of carbonyl (C=O) groups excluding carboxylic acids is 1. The summed E-state index contributed by atoms with van der Waals surface area (Å²) < 4.78 is 0. The Bertz CT molecular complexity index is 632. The monoisotopic (exact) mass is 336 g/mol. The highest BCUT2D eigenvalue weighted by atomic mass is 35.5. The van der Waals surface area contributed by atoms with Crippen LogP contribution in [0.2, 0.25) is 0 Å². The number of nitrogens with one attached hydrogen (secondary N) is 2. The zero-order valence-electron chi connectivity index (χ0n) is 13.0. The average molecular weight is 337 g/mol. The van der Waals surface area contributed by atoms with E-state index in [9.17, 15) is 4.79 Å². The van der Waals surface area contributed by atoms with Crippen LogP contribution in [0.5, 0.6) is 0 Å². The number of carbonyl (C=O) groups is 1. The van der Waals surface area contributed by atoms with Crippen molar-refractivity contribution in [3.63, 3.8) is 0 Å². The van der Waals surface area contributed by atoms with Gasteiger partial charge in [0, 0.05) is 18.2 Å². The van der Waals surface area contributed by atoms with Crippen LogP contribution in [0.4, 0.5) is 0 Å². The molecule has 0 aliphatic carbocycles. The van der Waals surface area contributed by atoms with E-state index >= 15 is 0 Å². The summed E-state index contributed by atoms with van der Waals surface area (Å²) in [7, 11) is 0. The van der Waals surface area contributed by atoms with Gasteiger partial charge in [-0.3, -0.25) is 4.79 Å². The van der Waals surface area contributed by atoms with Crippen LogP contribution < -0.4 is 10.6 Å². The lowest BCUT2D eigenvalue weighted by Crippen LogP contribution is -2.51. The fourth-order valence-corrected chi connectivity index (χ4v) is 2.58. The Kier molecular flexibility index (Phi) is 6.06. The molecule has 1 aliphatic heterocycles. The van der Waals surface area contributed by atoms with E-state index in [-0.39, 0.29) is 30.9 Å². The summed E-state index contributed by atoms with van der Waals surface area (Å²) in [6.45, 7) is 4.07. The third-order valence-electron chi connectivity index (χ3n) is 3.94. The van der Waals surface area contributed by atoms with Crippen molar-refractivity contribution in [2.45, 2.75) is 25.9 Å². The van der Waals surface area contributed by atoms with E-state index < -0.39 is 0 Å². The van der Waals surface area contributed by atoms with Gasteiger partial charge in [0.15, 0.2) is 0 Å². The molecule has 2 aromatic rings. The largest absolute Gasteiger partial charge is 0.350 e. The summed E-state index contributed by atoms with van der Waals surface area (Å²) in [6, 6.07) is 9.76. The normalized spacial score (nSPS) is 20.6.